The number of nitrogens with zero attached hydrogens (tertiary/aromatic N) is 1. The zero-order valence-electron chi connectivity index (χ0n) is 13.5. The lowest BCUT2D eigenvalue weighted by molar-refractivity contribution is -0.133. The maximum atomic E-state index is 12.1. The lowest BCUT2D eigenvalue weighted by Gasteiger charge is -2.38. The van der Waals surface area contributed by atoms with Crippen LogP contribution in [-0.2, 0) is 4.79 Å². The Labute approximate surface area is 119 Å². The van der Waals surface area contributed by atoms with E-state index in [1.165, 1.54) is 25.7 Å². The zero-order valence-corrected chi connectivity index (χ0v) is 13.5. The molecule has 3 heteroatoms. The van der Waals surface area contributed by atoms with Gasteiger partial charge in [-0.25, -0.2) is 0 Å². The number of carbonyl (C=O) groups excluding carboxylic acids is 1. The highest BCUT2D eigenvalue weighted by Gasteiger charge is 2.30. The zero-order chi connectivity index (χ0) is 14.5. The second kappa shape index (κ2) is 7.28. The Morgan fingerprint density at radius 1 is 1.32 bits per heavy atom. The summed E-state index contributed by atoms with van der Waals surface area (Å²) < 4.78 is 0. The molecule has 1 aliphatic carbocycles. The minimum absolute atomic E-state index is 0.315. The van der Waals surface area contributed by atoms with E-state index < -0.39 is 0 Å². The van der Waals surface area contributed by atoms with Crippen molar-refractivity contribution in [2.45, 2.75) is 78.3 Å². The molecule has 1 fully saturated rings. The van der Waals surface area contributed by atoms with Gasteiger partial charge in [-0.2, -0.15) is 0 Å². The van der Waals surface area contributed by atoms with Crippen molar-refractivity contribution in [3.8, 4) is 0 Å². The third-order valence-electron chi connectivity index (χ3n) is 4.37. The number of nitrogens with one attached hydrogen (secondary N) is 1. The summed E-state index contributed by atoms with van der Waals surface area (Å²) in [6.07, 6.45) is 6.43. The van der Waals surface area contributed by atoms with Gasteiger partial charge in [0.25, 0.3) is 0 Å². The monoisotopic (exact) mass is 268 g/mol. The van der Waals surface area contributed by atoms with Crippen LogP contribution in [0.5, 0.6) is 0 Å². The molecule has 0 aromatic carbocycles. The third-order valence-corrected chi connectivity index (χ3v) is 4.37. The van der Waals surface area contributed by atoms with E-state index in [9.17, 15) is 4.79 Å². The van der Waals surface area contributed by atoms with Crippen LogP contribution < -0.4 is 5.32 Å². The van der Waals surface area contributed by atoms with Crippen molar-refractivity contribution in [1.82, 2.24) is 10.2 Å². The molecular formula is C16H32N2O. The topological polar surface area (TPSA) is 32.3 Å². The molecule has 0 aromatic heterocycles. The third kappa shape index (κ3) is 5.94. The second-order valence-electron chi connectivity index (χ2n) is 7.11. The number of carbonyl (C=O) groups is 1. The maximum absolute atomic E-state index is 12.1. The van der Waals surface area contributed by atoms with Crippen LogP contribution in [0, 0.1) is 5.41 Å². The molecule has 1 amide bonds. The van der Waals surface area contributed by atoms with Gasteiger partial charge in [0.05, 0.1) is 0 Å². The summed E-state index contributed by atoms with van der Waals surface area (Å²) in [5.74, 6) is 0.315. The highest BCUT2D eigenvalue weighted by atomic mass is 16.2. The van der Waals surface area contributed by atoms with Crippen molar-refractivity contribution in [3.05, 3.63) is 0 Å². The number of rotatable bonds is 6. The molecule has 0 aromatic rings. The largest absolute Gasteiger partial charge is 0.343 e. The van der Waals surface area contributed by atoms with E-state index in [-0.39, 0.29) is 0 Å². The Morgan fingerprint density at radius 3 is 2.42 bits per heavy atom. The molecule has 0 unspecified atom stereocenters. The number of amides is 1. The quantitative estimate of drug-likeness (QED) is 0.750. The van der Waals surface area contributed by atoms with E-state index in [4.69, 9.17) is 0 Å². The second-order valence-corrected chi connectivity index (χ2v) is 7.11. The van der Waals surface area contributed by atoms with Gasteiger partial charge in [-0.15, -0.1) is 0 Å². The van der Waals surface area contributed by atoms with Crippen molar-refractivity contribution >= 4 is 5.91 Å². The van der Waals surface area contributed by atoms with Crippen LogP contribution >= 0.6 is 0 Å². The average Bonchev–Trinajstić information content (AvgIpc) is 2.33. The molecule has 0 saturated heterocycles. The summed E-state index contributed by atoms with van der Waals surface area (Å²) in [5, 5.41) is 3.36. The van der Waals surface area contributed by atoms with Crippen LogP contribution in [0.15, 0.2) is 0 Å². The molecule has 0 spiro atoms. The molecular weight excluding hydrogens is 236 g/mol. The SMILES string of the molecule is CC(C)NCCCC(=O)N(C)C1CCC(C)(C)CC1. The van der Waals surface area contributed by atoms with Gasteiger partial charge < -0.3 is 10.2 Å². The highest BCUT2D eigenvalue weighted by Crippen LogP contribution is 2.36. The smallest absolute Gasteiger partial charge is 0.222 e. The molecule has 0 heterocycles. The van der Waals surface area contributed by atoms with Gasteiger partial charge in [-0.1, -0.05) is 27.7 Å². The Bertz CT molecular complexity index is 276. The molecule has 0 aliphatic heterocycles. The molecule has 0 radical (unpaired) electrons. The Hall–Kier alpha value is -0.570. The van der Waals surface area contributed by atoms with Crippen LogP contribution in [0.3, 0.4) is 0 Å². The van der Waals surface area contributed by atoms with Gasteiger partial charge in [0.2, 0.25) is 5.91 Å². The fourth-order valence-electron chi connectivity index (χ4n) is 2.78. The first-order chi connectivity index (χ1) is 8.82. The molecule has 1 aliphatic rings. The van der Waals surface area contributed by atoms with Crippen molar-refractivity contribution in [2.75, 3.05) is 13.6 Å². The van der Waals surface area contributed by atoms with Gasteiger partial charge in [0.15, 0.2) is 0 Å². The lowest BCUT2D eigenvalue weighted by Crippen LogP contribution is -2.41. The van der Waals surface area contributed by atoms with Gasteiger partial charge >= 0.3 is 0 Å². The van der Waals surface area contributed by atoms with Gasteiger partial charge in [-0.05, 0) is 44.1 Å². The fraction of sp³-hybridized carbons (Fsp3) is 0.938. The van der Waals surface area contributed by atoms with E-state index in [1.54, 1.807) is 0 Å². The van der Waals surface area contributed by atoms with Gasteiger partial charge in [-0.3, -0.25) is 4.79 Å². The standard InChI is InChI=1S/C16H32N2O/c1-13(2)17-12-6-7-15(19)18(5)14-8-10-16(3,4)11-9-14/h13-14,17H,6-12H2,1-5H3. The fourth-order valence-corrected chi connectivity index (χ4v) is 2.78. The summed E-state index contributed by atoms with van der Waals surface area (Å²) in [4.78, 5) is 14.2. The van der Waals surface area contributed by atoms with Crippen molar-refractivity contribution < 1.29 is 4.79 Å². The highest BCUT2D eigenvalue weighted by molar-refractivity contribution is 5.76. The van der Waals surface area contributed by atoms with Gasteiger partial charge in [0.1, 0.15) is 0 Å². The Balaban J connectivity index is 2.25. The molecule has 19 heavy (non-hydrogen) atoms. The van der Waals surface area contributed by atoms with Crippen LogP contribution in [0.25, 0.3) is 0 Å². The van der Waals surface area contributed by atoms with Gasteiger partial charge in [0, 0.05) is 25.6 Å². The first kappa shape index (κ1) is 16.5. The van der Waals surface area contributed by atoms with Crippen molar-refractivity contribution in [3.63, 3.8) is 0 Å². The minimum Gasteiger partial charge on any atom is -0.343 e. The molecule has 1 saturated carbocycles. The van der Waals surface area contributed by atoms with Crippen LogP contribution in [0.4, 0.5) is 0 Å². The average molecular weight is 268 g/mol. The van der Waals surface area contributed by atoms with E-state index in [0.717, 1.165) is 13.0 Å². The summed E-state index contributed by atoms with van der Waals surface area (Å²) >= 11 is 0. The predicted molar refractivity (Wildman–Crippen MR) is 81.2 cm³/mol. The first-order valence-corrected chi connectivity index (χ1v) is 7.81. The Kier molecular flexibility index (Phi) is 6.31. The van der Waals surface area contributed by atoms with E-state index in [0.29, 0.717) is 29.8 Å². The molecule has 1 N–H and O–H groups in total. The number of hydrogen-bond acceptors (Lipinski definition) is 2. The lowest BCUT2D eigenvalue weighted by atomic mass is 9.75. The van der Waals surface area contributed by atoms with Crippen LogP contribution in [0.1, 0.15) is 66.2 Å². The van der Waals surface area contributed by atoms with E-state index in [2.05, 4.69) is 33.0 Å². The summed E-state index contributed by atoms with van der Waals surface area (Å²) in [6, 6.07) is 0.979. The molecule has 3 nitrogen and oxygen atoms in total. The first-order valence-electron chi connectivity index (χ1n) is 7.81. The molecule has 1 rings (SSSR count). The molecule has 112 valence electrons. The molecule has 0 atom stereocenters. The summed E-state index contributed by atoms with van der Waals surface area (Å²) in [6.45, 7) is 9.88. The van der Waals surface area contributed by atoms with Crippen LogP contribution in [0.2, 0.25) is 0 Å². The van der Waals surface area contributed by atoms with E-state index in [1.807, 2.05) is 11.9 Å². The normalized spacial score (nSPS) is 19.7. The van der Waals surface area contributed by atoms with Crippen molar-refractivity contribution in [1.29, 1.82) is 0 Å². The Morgan fingerprint density at radius 2 is 1.89 bits per heavy atom. The van der Waals surface area contributed by atoms with Crippen molar-refractivity contribution in [2.24, 2.45) is 5.41 Å². The summed E-state index contributed by atoms with van der Waals surface area (Å²) in [5.41, 5.74) is 0.474. The minimum atomic E-state index is 0.315. The van der Waals surface area contributed by atoms with E-state index >= 15 is 0 Å². The summed E-state index contributed by atoms with van der Waals surface area (Å²) in [7, 11) is 1.99. The molecule has 0 bridgehead atoms. The predicted octanol–water partition coefficient (Wildman–Crippen LogP) is 3.19. The maximum Gasteiger partial charge on any atom is 0.222 e. The number of hydrogen-bond donors (Lipinski definition) is 1. The van der Waals surface area contributed by atoms with Crippen LogP contribution in [-0.4, -0.2) is 36.5 Å².